The largest absolute Gasteiger partial charge is 0.349 e. The Hall–Kier alpha value is -1.91. The van der Waals surface area contributed by atoms with Gasteiger partial charge in [0.1, 0.15) is 6.33 Å². The van der Waals surface area contributed by atoms with Crippen LogP contribution in [0.1, 0.15) is 42.7 Å². The summed E-state index contributed by atoms with van der Waals surface area (Å²) in [7, 11) is 0. The molecule has 5 nitrogen and oxygen atoms in total. The monoisotopic (exact) mass is 246 g/mol. The van der Waals surface area contributed by atoms with Crippen LogP contribution in [0.5, 0.6) is 0 Å². The van der Waals surface area contributed by atoms with E-state index < -0.39 is 0 Å². The van der Waals surface area contributed by atoms with E-state index in [9.17, 15) is 4.79 Å². The third kappa shape index (κ3) is 3.84. The molecule has 1 aromatic rings. The summed E-state index contributed by atoms with van der Waals surface area (Å²) in [6.45, 7) is 0.677. The van der Waals surface area contributed by atoms with Gasteiger partial charge in [0.25, 0.3) is 5.91 Å². The van der Waals surface area contributed by atoms with E-state index in [1.54, 1.807) is 0 Å². The van der Waals surface area contributed by atoms with Crippen molar-refractivity contribution in [2.24, 2.45) is 0 Å². The number of allylic oxidation sites excluding steroid dienone is 4. The van der Waals surface area contributed by atoms with Gasteiger partial charge in [-0.1, -0.05) is 23.8 Å². The van der Waals surface area contributed by atoms with E-state index in [-0.39, 0.29) is 11.7 Å². The highest BCUT2D eigenvalue weighted by atomic mass is 16.2. The summed E-state index contributed by atoms with van der Waals surface area (Å²) >= 11 is 0. The fourth-order valence-electron chi connectivity index (χ4n) is 1.91. The third-order valence-corrected chi connectivity index (χ3v) is 2.88. The average molecular weight is 246 g/mol. The summed E-state index contributed by atoms with van der Waals surface area (Å²) in [5, 5.41) is 8.99. The minimum Gasteiger partial charge on any atom is -0.349 e. The summed E-state index contributed by atoms with van der Waals surface area (Å²) in [6, 6.07) is 0. The highest BCUT2D eigenvalue weighted by Gasteiger charge is 2.06. The molecule has 1 amide bonds. The van der Waals surface area contributed by atoms with Crippen molar-refractivity contribution in [3.63, 3.8) is 0 Å². The van der Waals surface area contributed by atoms with E-state index in [1.165, 1.54) is 11.9 Å². The molecule has 96 valence electrons. The lowest BCUT2D eigenvalue weighted by Gasteiger charge is -2.07. The Bertz CT molecular complexity index is 434. The number of aromatic amines is 1. The molecule has 2 rings (SSSR count). The van der Waals surface area contributed by atoms with E-state index in [1.807, 2.05) is 0 Å². The molecule has 0 bridgehead atoms. The summed E-state index contributed by atoms with van der Waals surface area (Å²) in [5.74, 6) is 0.0807. The quantitative estimate of drug-likeness (QED) is 0.754. The molecule has 0 saturated heterocycles. The van der Waals surface area contributed by atoms with Gasteiger partial charge in [-0.2, -0.15) is 5.10 Å². The first-order chi connectivity index (χ1) is 8.86. The number of rotatable bonds is 6. The molecule has 1 heterocycles. The second kappa shape index (κ2) is 6.74. The topological polar surface area (TPSA) is 70.7 Å². The van der Waals surface area contributed by atoms with Crippen LogP contribution >= 0.6 is 0 Å². The van der Waals surface area contributed by atoms with Crippen molar-refractivity contribution in [1.82, 2.24) is 20.5 Å². The lowest BCUT2D eigenvalue weighted by Crippen LogP contribution is -2.25. The van der Waals surface area contributed by atoms with Gasteiger partial charge in [0.15, 0.2) is 0 Å². The predicted octanol–water partition coefficient (Wildman–Crippen LogP) is 1.98. The van der Waals surface area contributed by atoms with E-state index >= 15 is 0 Å². The maximum atomic E-state index is 11.5. The van der Waals surface area contributed by atoms with Gasteiger partial charge >= 0.3 is 0 Å². The normalized spacial score (nSPS) is 14.3. The number of nitrogens with zero attached hydrogens (tertiary/aromatic N) is 2. The molecule has 5 heteroatoms. The van der Waals surface area contributed by atoms with Crippen LogP contribution in [0.2, 0.25) is 0 Å². The Morgan fingerprint density at radius 2 is 2.33 bits per heavy atom. The SMILES string of the molecule is O=C(NCCCCC1=CCCC=C1)c1ncn[nH]1. The zero-order chi connectivity index (χ0) is 12.6. The molecule has 1 aliphatic rings. The van der Waals surface area contributed by atoms with Crippen molar-refractivity contribution >= 4 is 5.91 Å². The van der Waals surface area contributed by atoms with Gasteiger partial charge in [0, 0.05) is 6.54 Å². The fourth-order valence-corrected chi connectivity index (χ4v) is 1.91. The Morgan fingerprint density at radius 1 is 1.39 bits per heavy atom. The minimum atomic E-state index is -0.190. The number of unbranched alkanes of at least 4 members (excludes halogenated alkanes) is 1. The zero-order valence-corrected chi connectivity index (χ0v) is 10.4. The molecule has 0 fully saturated rings. The van der Waals surface area contributed by atoms with E-state index in [0.29, 0.717) is 6.54 Å². The zero-order valence-electron chi connectivity index (χ0n) is 10.4. The molecule has 0 unspecified atom stereocenters. The standard InChI is InChI=1S/C13H18N4O/c18-13(12-15-10-16-17-12)14-9-5-4-8-11-6-2-1-3-7-11/h2,6-7,10H,1,3-5,8-9H2,(H,14,18)(H,15,16,17). The highest BCUT2D eigenvalue weighted by molar-refractivity contribution is 5.90. The number of carbonyl (C=O) groups is 1. The van der Waals surface area contributed by atoms with Gasteiger partial charge in [-0.15, -0.1) is 0 Å². The van der Waals surface area contributed by atoms with Crippen molar-refractivity contribution in [1.29, 1.82) is 0 Å². The molecule has 0 aromatic carbocycles. The van der Waals surface area contributed by atoms with E-state index in [2.05, 4.69) is 38.7 Å². The van der Waals surface area contributed by atoms with Crippen molar-refractivity contribution in [2.75, 3.05) is 6.54 Å². The number of amides is 1. The summed E-state index contributed by atoms with van der Waals surface area (Å²) in [6.07, 6.45) is 13.5. The minimum absolute atomic E-state index is 0.190. The maximum absolute atomic E-state index is 11.5. The van der Waals surface area contributed by atoms with Crippen molar-refractivity contribution in [3.8, 4) is 0 Å². The Kier molecular flexibility index (Phi) is 4.69. The summed E-state index contributed by atoms with van der Waals surface area (Å²) in [4.78, 5) is 15.3. The molecule has 1 aromatic heterocycles. The first-order valence-corrected chi connectivity index (χ1v) is 6.35. The van der Waals surface area contributed by atoms with Crippen LogP contribution in [0.4, 0.5) is 0 Å². The van der Waals surface area contributed by atoms with Gasteiger partial charge < -0.3 is 5.32 Å². The van der Waals surface area contributed by atoms with Gasteiger partial charge in [-0.25, -0.2) is 4.98 Å². The van der Waals surface area contributed by atoms with Crippen LogP contribution in [0, 0.1) is 0 Å². The van der Waals surface area contributed by atoms with Gasteiger partial charge in [-0.3, -0.25) is 9.89 Å². The number of hydrogen-bond acceptors (Lipinski definition) is 3. The number of aromatic nitrogens is 3. The number of nitrogens with one attached hydrogen (secondary N) is 2. The summed E-state index contributed by atoms with van der Waals surface area (Å²) < 4.78 is 0. The van der Waals surface area contributed by atoms with Crippen LogP contribution in [0.25, 0.3) is 0 Å². The number of H-pyrrole nitrogens is 1. The maximum Gasteiger partial charge on any atom is 0.288 e. The van der Waals surface area contributed by atoms with Crippen LogP contribution in [-0.2, 0) is 0 Å². The number of hydrogen-bond donors (Lipinski definition) is 2. The average Bonchev–Trinajstić information content (AvgIpc) is 2.93. The second-order valence-corrected chi connectivity index (χ2v) is 4.31. The molecule has 2 N–H and O–H groups in total. The number of carbonyl (C=O) groups excluding carboxylic acids is 1. The second-order valence-electron chi connectivity index (χ2n) is 4.31. The Balaban J connectivity index is 1.57. The lowest BCUT2D eigenvalue weighted by atomic mass is 10.0. The predicted molar refractivity (Wildman–Crippen MR) is 69.0 cm³/mol. The Labute approximate surface area is 106 Å². The van der Waals surface area contributed by atoms with Gasteiger partial charge in [-0.05, 0) is 32.1 Å². The van der Waals surface area contributed by atoms with Crippen molar-refractivity contribution in [3.05, 3.63) is 36.0 Å². The van der Waals surface area contributed by atoms with Crippen LogP contribution in [0.3, 0.4) is 0 Å². The first kappa shape index (κ1) is 12.5. The molecule has 0 saturated carbocycles. The van der Waals surface area contributed by atoms with Crippen molar-refractivity contribution < 1.29 is 4.79 Å². The molecular weight excluding hydrogens is 228 g/mol. The van der Waals surface area contributed by atoms with Crippen LogP contribution < -0.4 is 5.32 Å². The first-order valence-electron chi connectivity index (χ1n) is 6.35. The molecule has 0 aliphatic heterocycles. The molecule has 0 spiro atoms. The van der Waals surface area contributed by atoms with E-state index in [4.69, 9.17) is 0 Å². The molecule has 0 radical (unpaired) electrons. The molecular formula is C13H18N4O. The molecule has 0 atom stereocenters. The fraction of sp³-hybridized carbons (Fsp3) is 0.462. The smallest absolute Gasteiger partial charge is 0.288 e. The van der Waals surface area contributed by atoms with Crippen molar-refractivity contribution in [2.45, 2.75) is 32.1 Å². The summed E-state index contributed by atoms with van der Waals surface area (Å²) in [5.41, 5.74) is 1.42. The van der Waals surface area contributed by atoms with Gasteiger partial charge in [0.05, 0.1) is 0 Å². The van der Waals surface area contributed by atoms with Gasteiger partial charge in [0.2, 0.25) is 5.82 Å². The Morgan fingerprint density at radius 3 is 3.06 bits per heavy atom. The third-order valence-electron chi connectivity index (χ3n) is 2.88. The molecule has 1 aliphatic carbocycles. The van der Waals surface area contributed by atoms with Crippen LogP contribution in [-0.4, -0.2) is 27.6 Å². The van der Waals surface area contributed by atoms with Crippen LogP contribution in [0.15, 0.2) is 30.1 Å². The van der Waals surface area contributed by atoms with E-state index in [0.717, 1.165) is 32.1 Å². The lowest BCUT2D eigenvalue weighted by molar-refractivity contribution is 0.0943. The highest BCUT2D eigenvalue weighted by Crippen LogP contribution is 2.15. The molecule has 18 heavy (non-hydrogen) atoms.